The predicted molar refractivity (Wildman–Crippen MR) is 184 cm³/mol. The molecule has 2 heterocycles. The van der Waals surface area contributed by atoms with Crippen LogP contribution in [0.25, 0.3) is 10.8 Å². The van der Waals surface area contributed by atoms with Crippen LogP contribution in [0.15, 0.2) is 97.6 Å². The van der Waals surface area contributed by atoms with Gasteiger partial charge in [-0.1, -0.05) is 18.7 Å². The zero-order chi connectivity index (χ0) is 37.3. The van der Waals surface area contributed by atoms with Crippen molar-refractivity contribution in [3.63, 3.8) is 0 Å². The number of benzene rings is 4. The topological polar surface area (TPSA) is 179 Å². The second kappa shape index (κ2) is 16.8. The number of phenolic OH excluding ortho intramolecular Hbond substituents is 1. The lowest BCUT2D eigenvalue weighted by Crippen LogP contribution is -2.36. The molecule has 0 bridgehead atoms. The highest BCUT2D eigenvalue weighted by molar-refractivity contribution is 5.97. The van der Waals surface area contributed by atoms with E-state index in [0.717, 1.165) is 6.08 Å². The van der Waals surface area contributed by atoms with E-state index in [1.165, 1.54) is 48.5 Å². The summed E-state index contributed by atoms with van der Waals surface area (Å²) in [6.07, 6.45) is -1.49. The van der Waals surface area contributed by atoms with Gasteiger partial charge in [0, 0.05) is 6.08 Å². The molecule has 4 aromatic carbocycles. The molecular formula is C39H34O14. The molecule has 14 heteroatoms. The number of aromatic hydroxyl groups is 1. The van der Waals surface area contributed by atoms with Crippen LogP contribution in [0.1, 0.15) is 43.9 Å². The molecule has 53 heavy (non-hydrogen) atoms. The number of fused-ring (bicyclic) bond motifs is 2. The van der Waals surface area contributed by atoms with E-state index in [1.54, 1.807) is 36.4 Å². The molecule has 0 amide bonds. The minimum atomic E-state index is -0.878. The molecule has 2 aliphatic rings. The largest absolute Gasteiger partial charge is 0.513 e. The van der Waals surface area contributed by atoms with Crippen LogP contribution < -0.4 is 9.47 Å². The Kier molecular flexibility index (Phi) is 11.6. The summed E-state index contributed by atoms with van der Waals surface area (Å²) in [6.45, 7) is 3.71. The minimum absolute atomic E-state index is 0.0236. The summed E-state index contributed by atoms with van der Waals surface area (Å²) in [5.41, 5.74) is 0.741. The number of esters is 4. The third kappa shape index (κ3) is 9.36. The van der Waals surface area contributed by atoms with Crippen molar-refractivity contribution in [2.24, 2.45) is 0 Å². The summed E-state index contributed by atoms with van der Waals surface area (Å²) < 4.78 is 43.4. The van der Waals surface area contributed by atoms with Gasteiger partial charge in [0.15, 0.2) is 12.2 Å². The van der Waals surface area contributed by atoms with Gasteiger partial charge in [0.25, 0.3) is 0 Å². The number of carbonyl (C=O) groups is 5. The van der Waals surface area contributed by atoms with E-state index in [9.17, 15) is 29.1 Å². The van der Waals surface area contributed by atoms with Gasteiger partial charge in [-0.25, -0.2) is 24.0 Å². The minimum Gasteiger partial charge on any atom is -0.508 e. The van der Waals surface area contributed by atoms with Crippen molar-refractivity contribution >= 4 is 40.8 Å². The predicted octanol–water partition coefficient (Wildman–Crippen LogP) is 5.34. The van der Waals surface area contributed by atoms with E-state index in [0.29, 0.717) is 23.6 Å². The Balaban J connectivity index is 0.954. The number of unbranched alkanes of at least 4 members (excludes halogenated alkanes) is 1. The van der Waals surface area contributed by atoms with Gasteiger partial charge in [0.1, 0.15) is 29.5 Å². The Labute approximate surface area is 302 Å². The molecule has 0 saturated carbocycles. The van der Waals surface area contributed by atoms with E-state index in [4.69, 9.17) is 37.9 Å². The van der Waals surface area contributed by atoms with Crippen molar-refractivity contribution in [1.82, 2.24) is 0 Å². The molecule has 4 atom stereocenters. The Morgan fingerprint density at radius 1 is 0.642 bits per heavy atom. The zero-order valence-corrected chi connectivity index (χ0v) is 28.2. The highest BCUT2D eigenvalue weighted by Crippen LogP contribution is 2.32. The summed E-state index contributed by atoms with van der Waals surface area (Å²) in [5.74, 6) is -1.89. The van der Waals surface area contributed by atoms with Crippen molar-refractivity contribution in [2.45, 2.75) is 37.3 Å². The number of ether oxygens (including phenoxy) is 8. The normalized spacial score (nSPS) is 18.7. The lowest BCUT2D eigenvalue weighted by Gasteiger charge is -2.17. The molecule has 2 saturated heterocycles. The van der Waals surface area contributed by atoms with E-state index in [-0.39, 0.29) is 60.4 Å². The molecule has 0 spiro atoms. The van der Waals surface area contributed by atoms with Gasteiger partial charge in [-0.15, -0.1) is 0 Å². The fourth-order valence-electron chi connectivity index (χ4n) is 5.60. The van der Waals surface area contributed by atoms with Gasteiger partial charge in [-0.05, 0) is 96.4 Å². The van der Waals surface area contributed by atoms with Gasteiger partial charge in [0.2, 0.25) is 0 Å². The number of phenols is 1. The van der Waals surface area contributed by atoms with E-state index in [1.807, 2.05) is 0 Å². The third-order valence-corrected chi connectivity index (χ3v) is 8.30. The average Bonchev–Trinajstić information content (AvgIpc) is 3.75. The standard InChI is InChI=1S/C39H34O14/c1-2-33(41)46-17-3-4-18-47-39(45)51-30-16-11-25-19-27(6-5-26(25)20-30)38(44)50-29-14-9-24(10-15-29)37(43)53-32-22-49-34-31(21-48-35(32)34)52-36(42)23-7-12-28(40)13-8-23/h2,5-16,19-20,31-32,34-35,40H,1,3-4,17-18,21-22H2/t31-,32-,34?,35?/m1/s1. The number of rotatable bonds is 13. The Morgan fingerprint density at radius 2 is 1.17 bits per heavy atom. The van der Waals surface area contributed by atoms with Crippen LogP contribution in [-0.2, 0) is 33.2 Å². The first-order valence-corrected chi connectivity index (χ1v) is 16.6. The second-order valence-electron chi connectivity index (χ2n) is 11.9. The molecule has 4 aromatic rings. The molecule has 2 fully saturated rings. The SMILES string of the molecule is C=CC(=O)OCCCCOC(=O)Oc1ccc2cc(C(=O)Oc3ccc(C(=O)O[C@@H]4COC5C4OC[C@H]5OC(=O)c4ccc(O)cc4)cc3)ccc2c1. The summed E-state index contributed by atoms with van der Waals surface area (Å²) in [6, 6.07) is 21.3. The molecule has 0 aromatic heterocycles. The first-order chi connectivity index (χ1) is 25.7. The fourth-order valence-corrected chi connectivity index (χ4v) is 5.60. The fraction of sp³-hybridized carbons (Fsp3) is 0.256. The van der Waals surface area contributed by atoms with E-state index < -0.39 is 54.4 Å². The van der Waals surface area contributed by atoms with Crippen molar-refractivity contribution in [3.05, 3.63) is 114 Å². The lowest BCUT2D eigenvalue weighted by atomic mass is 10.1. The van der Waals surface area contributed by atoms with Gasteiger partial charge in [0.05, 0.1) is 43.1 Å². The molecule has 0 aliphatic carbocycles. The lowest BCUT2D eigenvalue weighted by molar-refractivity contribution is -0.137. The van der Waals surface area contributed by atoms with Crippen LogP contribution >= 0.6 is 0 Å². The molecule has 2 unspecified atom stereocenters. The Morgan fingerprint density at radius 3 is 1.79 bits per heavy atom. The second-order valence-corrected chi connectivity index (χ2v) is 11.9. The zero-order valence-electron chi connectivity index (χ0n) is 28.2. The van der Waals surface area contributed by atoms with Crippen LogP contribution in [0.2, 0.25) is 0 Å². The van der Waals surface area contributed by atoms with Crippen LogP contribution in [0.4, 0.5) is 4.79 Å². The van der Waals surface area contributed by atoms with Gasteiger partial charge in [-0.2, -0.15) is 0 Å². The molecule has 0 radical (unpaired) electrons. The first kappa shape index (κ1) is 36.5. The van der Waals surface area contributed by atoms with E-state index >= 15 is 0 Å². The maximum atomic E-state index is 12.9. The highest BCUT2D eigenvalue weighted by Gasteiger charge is 2.51. The van der Waals surface area contributed by atoms with Crippen molar-refractivity contribution < 1.29 is 67.0 Å². The average molecular weight is 727 g/mol. The smallest absolute Gasteiger partial charge is 0.508 e. The van der Waals surface area contributed by atoms with Crippen LogP contribution in [0.5, 0.6) is 17.2 Å². The molecule has 6 rings (SSSR count). The molecule has 14 nitrogen and oxygen atoms in total. The number of hydrogen-bond acceptors (Lipinski definition) is 14. The van der Waals surface area contributed by atoms with Crippen LogP contribution in [0, 0.1) is 0 Å². The van der Waals surface area contributed by atoms with Gasteiger partial charge < -0.3 is 43.0 Å². The monoisotopic (exact) mass is 726 g/mol. The Hall–Kier alpha value is -6.25. The summed E-state index contributed by atoms with van der Waals surface area (Å²) in [5, 5.41) is 10.8. The highest BCUT2D eigenvalue weighted by atomic mass is 16.7. The number of carbonyl (C=O) groups excluding carboxylic acids is 5. The van der Waals surface area contributed by atoms with Crippen LogP contribution in [-0.4, -0.2) is 86.0 Å². The molecule has 274 valence electrons. The van der Waals surface area contributed by atoms with Gasteiger partial charge in [-0.3, -0.25) is 0 Å². The van der Waals surface area contributed by atoms with Gasteiger partial charge >= 0.3 is 30.0 Å². The van der Waals surface area contributed by atoms with E-state index in [2.05, 4.69) is 6.58 Å². The van der Waals surface area contributed by atoms with Crippen molar-refractivity contribution in [1.29, 1.82) is 0 Å². The summed E-state index contributed by atoms with van der Waals surface area (Å²) in [7, 11) is 0. The summed E-state index contributed by atoms with van der Waals surface area (Å²) >= 11 is 0. The van der Waals surface area contributed by atoms with Crippen molar-refractivity contribution in [2.75, 3.05) is 26.4 Å². The van der Waals surface area contributed by atoms with Crippen LogP contribution in [0.3, 0.4) is 0 Å². The molecule has 1 N–H and O–H groups in total. The third-order valence-electron chi connectivity index (χ3n) is 8.30. The Bertz CT molecular complexity index is 1990. The maximum Gasteiger partial charge on any atom is 0.513 e. The maximum absolute atomic E-state index is 12.9. The van der Waals surface area contributed by atoms with Crippen molar-refractivity contribution in [3.8, 4) is 17.2 Å². The summed E-state index contributed by atoms with van der Waals surface area (Å²) in [4.78, 5) is 61.5. The number of hydrogen-bond donors (Lipinski definition) is 1. The molecular weight excluding hydrogens is 692 g/mol. The quantitative estimate of drug-likeness (QED) is 0.0466. The first-order valence-electron chi connectivity index (χ1n) is 16.6. The molecule has 2 aliphatic heterocycles.